The van der Waals surface area contributed by atoms with Crippen molar-refractivity contribution in [1.29, 1.82) is 0 Å². The quantitative estimate of drug-likeness (QED) is 0.735. The Morgan fingerprint density at radius 1 is 1.21 bits per heavy atom. The van der Waals surface area contributed by atoms with Crippen LogP contribution in [0.1, 0.15) is 43.6 Å². The van der Waals surface area contributed by atoms with Crippen LogP contribution in [0.3, 0.4) is 0 Å². The molecule has 0 bridgehead atoms. The largest absolute Gasteiger partial charge is 0.292 e. The molecule has 0 spiro atoms. The summed E-state index contributed by atoms with van der Waals surface area (Å²) in [5, 5.41) is 4.35. The molecule has 0 aliphatic heterocycles. The Morgan fingerprint density at radius 3 is 2.63 bits per heavy atom. The number of hydrogen-bond donors (Lipinski definition) is 0. The Labute approximate surface area is 114 Å². The standard InChI is InChI=1S/C16H20N2O/c1-13(2)7-6-10-16(19)15-11-12-18(17-15)14-8-4-3-5-9-14/h3-5,8-9,11-13H,6-7,10H2,1-2H3. The van der Waals surface area contributed by atoms with Crippen molar-refractivity contribution in [2.45, 2.75) is 33.1 Å². The molecule has 1 aromatic carbocycles. The Morgan fingerprint density at radius 2 is 1.95 bits per heavy atom. The summed E-state index contributed by atoms with van der Waals surface area (Å²) in [4.78, 5) is 12.0. The fourth-order valence-electron chi connectivity index (χ4n) is 2.00. The molecular weight excluding hydrogens is 236 g/mol. The molecule has 3 nitrogen and oxygen atoms in total. The van der Waals surface area contributed by atoms with Crippen LogP contribution in [0.5, 0.6) is 0 Å². The summed E-state index contributed by atoms with van der Waals surface area (Å²) >= 11 is 0. The number of para-hydroxylation sites is 1. The van der Waals surface area contributed by atoms with E-state index in [4.69, 9.17) is 0 Å². The predicted octanol–water partition coefficient (Wildman–Crippen LogP) is 3.88. The molecule has 1 heterocycles. The van der Waals surface area contributed by atoms with Crippen LogP contribution in [0.15, 0.2) is 42.6 Å². The van der Waals surface area contributed by atoms with Crippen molar-refractivity contribution in [1.82, 2.24) is 9.78 Å². The van der Waals surface area contributed by atoms with E-state index in [1.807, 2.05) is 36.5 Å². The average molecular weight is 256 g/mol. The maximum Gasteiger partial charge on any atom is 0.183 e. The van der Waals surface area contributed by atoms with Crippen molar-refractivity contribution in [2.75, 3.05) is 0 Å². The predicted molar refractivity (Wildman–Crippen MR) is 76.6 cm³/mol. The van der Waals surface area contributed by atoms with E-state index in [0.29, 0.717) is 18.0 Å². The van der Waals surface area contributed by atoms with Crippen LogP contribution < -0.4 is 0 Å². The third-order valence-electron chi connectivity index (χ3n) is 3.08. The first-order chi connectivity index (χ1) is 9.16. The SMILES string of the molecule is CC(C)CCCC(=O)c1ccn(-c2ccccc2)n1. The van der Waals surface area contributed by atoms with E-state index in [-0.39, 0.29) is 5.78 Å². The third-order valence-corrected chi connectivity index (χ3v) is 3.08. The first-order valence-corrected chi connectivity index (χ1v) is 6.81. The van der Waals surface area contributed by atoms with Gasteiger partial charge in [0.1, 0.15) is 5.69 Å². The molecule has 19 heavy (non-hydrogen) atoms. The van der Waals surface area contributed by atoms with Gasteiger partial charge in [-0.2, -0.15) is 5.10 Å². The van der Waals surface area contributed by atoms with Gasteiger partial charge in [0.15, 0.2) is 5.78 Å². The summed E-state index contributed by atoms with van der Waals surface area (Å²) in [5.74, 6) is 0.782. The molecule has 2 rings (SSSR count). The number of carbonyl (C=O) groups excluding carboxylic acids is 1. The van der Waals surface area contributed by atoms with Crippen molar-refractivity contribution in [3.8, 4) is 5.69 Å². The highest BCUT2D eigenvalue weighted by Gasteiger charge is 2.10. The first kappa shape index (κ1) is 13.5. The average Bonchev–Trinajstić information content (AvgIpc) is 2.89. The van der Waals surface area contributed by atoms with Crippen LogP contribution in [0.2, 0.25) is 0 Å². The van der Waals surface area contributed by atoms with Crippen LogP contribution in [-0.2, 0) is 0 Å². The molecule has 0 aliphatic carbocycles. The molecule has 100 valence electrons. The second-order valence-electron chi connectivity index (χ2n) is 5.19. The molecule has 0 N–H and O–H groups in total. The Balaban J connectivity index is 1.99. The number of nitrogens with zero attached hydrogens (tertiary/aromatic N) is 2. The van der Waals surface area contributed by atoms with Crippen molar-refractivity contribution in [3.63, 3.8) is 0 Å². The summed E-state index contributed by atoms with van der Waals surface area (Å²) < 4.78 is 1.75. The highest BCUT2D eigenvalue weighted by Crippen LogP contribution is 2.11. The van der Waals surface area contributed by atoms with E-state index < -0.39 is 0 Å². The van der Waals surface area contributed by atoms with Gasteiger partial charge in [-0.05, 0) is 30.5 Å². The number of hydrogen-bond acceptors (Lipinski definition) is 2. The van der Waals surface area contributed by atoms with Crippen molar-refractivity contribution >= 4 is 5.78 Å². The zero-order valence-electron chi connectivity index (χ0n) is 11.5. The van der Waals surface area contributed by atoms with Gasteiger partial charge in [-0.3, -0.25) is 4.79 Å². The van der Waals surface area contributed by atoms with Gasteiger partial charge in [0, 0.05) is 12.6 Å². The Kier molecular flexibility index (Phi) is 4.50. The summed E-state index contributed by atoms with van der Waals surface area (Å²) in [6, 6.07) is 11.6. The number of aromatic nitrogens is 2. The van der Waals surface area contributed by atoms with Gasteiger partial charge >= 0.3 is 0 Å². The summed E-state index contributed by atoms with van der Waals surface area (Å²) in [5.41, 5.74) is 1.54. The van der Waals surface area contributed by atoms with Gasteiger partial charge in [0.25, 0.3) is 0 Å². The highest BCUT2D eigenvalue weighted by molar-refractivity contribution is 5.94. The molecule has 0 unspecified atom stereocenters. The first-order valence-electron chi connectivity index (χ1n) is 6.81. The Bertz CT molecular complexity index is 529. The molecule has 1 aromatic heterocycles. The minimum atomic E-state index is 0.135. The van der Waals surface area contributed by atoms with Gasteiger partial charge in [0.05, 0.1) is 5.69 Å². The van der Waals surface area contributed by atoms with E-state index in [1.165, 1.54) is 0 Å². The third kappa shape index (κ3) is 3.78. The highest BCUT2D eigenvalue weighted by atomic mass is 16.1. The zero-order chi connectivity index (χ0) is 13.7. The maximum atomic E-state index is 12.0. The molecular formula is C16H20N2O. The lowest BCUT2D eigenvalue weighted by Gasteiger charge is -2.02. The fourth-order valence-corrected chi connectivity index (χ4v) is 2.00. The maximum absolute atomic E-state index is 12.0. The molecule has 0 saturated heterocycles. The second-order valence-corrected chi connectivity index (χ2v) is 5.19. The molecule has 0 atom stereocenters. The summed E-state index contributed by atoms with van der Waals surface area (Å²) in [6.07, 6.45) is 4.45. The number of carbonyl (C=O) groups is 1. The van der Waals surface area contributed by atoms with Crippen molar-refractivity contribution < 1.29 is 4.79 Å². The molecule has 0 amide bonds. The summed E-state index contributed by atoms with van der Waals surface area (Å²) in [6.45, 7) is 4.35. The fraction of sp³-hybridized carbons (Fsp3) is 0.375. The molecule has 0 aliphatic rings. The number of benzene rings is 1. The van der Waals surface area contributed by atoms with Crippen LogP contribution in [-0.4, -0.2) is 15.6 Å². The summed E-state index contributed by atoms with van der Waals surface area (Å²) in [7, 11) is 0. The van der Waals surface area contributed by atoms with Crippen LogP contribution >= 0.6 is 0 Å². The van der Waals surface area contributed by atoms with Gasteiger partial charge in [-0.1, -0.05) is 38.5 Å². The lowest BCUT2D eigenvalue weighted by atomic mass is 10.0. The molecule has 0 saturated carbocycles. The monoisotopic (exact) mass is 256 g/mol. The lowest BCUT2D eigenvalue weighted by molar-refractivity contribution is 0.0973. The smallest absolute Gasteiger partial charge is 0.183 e. The molecule has 0 fully saturated rings. The van der Waals surface area contributed by atoms with Gasteiger partial charge in [-0.15, -0.1) is 0 Å². The van der Waals surface area contributed by atoms with Crippen LogP contribution in [0, 0.1) is 5.92 Å². The molecule has 2 aromatic rings. The van der Waals surface area contributed by atoms with E-state index in [0.717, 1.165) is 18.5 Å². The second kappa shape index (κ2) is 6.32. The minimum absolute atomic E-state index is 0.135. The van der Waals surface area contributed by atoms with Crippen molar-refractivity contribution in [3.05, 3.63) is 48.3 Å². The number of Topliss-reactive ketones (excluding diaryl/α,β-unsaturated/α-hetero) is 1. The van der Waals surface area contributed by atoms with Gasteiger partial charge in [0.2, 0.25) is 0 Å². The van der Waals surface area contributed by atoms with E-state index >= 15 is 0 Å². The number of ketones is 1. The van der Waals surface area contributed by atoms with E-state index in [2.05, 4.69) is 18.9 Å². The minimum Gasteiger partial charge on any atom is -0.292 e. The van der Waals surface area contributed by atoms with Gasteiger partial charge in [-0.25, -0.2) is 4.68 Å². The van der Waals surface area contributed by atoms with Crippen LogP contribution in [0.25, 0.3) is 5.69 Å². The number of rotatable bonds is 6. The van der Waals surface area contributed by atoms with Crippen LogP contribution in [0.4, 0.5) is 0 Å². The topological polar surface area (TPSA) is 34.9 Å². The zero-order valence-corrected chi connectivity index (χ0v) is 11.5. The van der Waals surface area contributed by atoms with E-state index in [1.54, 1.807) is 10.7 Å². The van der Waals surface area contributed by atoms with Gasteiger partial charge < -0.3 is 0 Å². The Hall–Kier alpha value is -1.90. The van der Waals surface area contributed by atoms with E-state index in [9.17, 15) is 4.79 Å². The van der Waals surface area contributed by atoms with Crippen molar-refractivity contribution in [2.24, 2.45) is 5.92 Å². The molecule has 3 heteroatoms. The molecule has 0 radical (unpaired) electrons. The normalized spacial score (nSPS) is 10.9. The lowest BCUT2D eigenvalue weighted by Crippen LogP contribution is -2.03.